The second-order valence-corrected chi connectivity index (χ2v) is 9.79. The molecule has 3 aliphatic carbocycles. The third-order valence-electron chi connectivity index (χ3n) is 7.05. The van der Waals surface area contributed by atoms with Crippen LogP contribution in [0.3, 0.4) is 0 Å². The number of aliphatic carboxylic acids is 1. The third-order valence-corrected chi connectivity index (χ3v) is 8.22. The lowest BCUT2D eigenvalue weighted by molar-refractivity contribution is -0.148. The van der Waals surface area contributed by atoms with Gasteiger partial charge in [0.25, 0.3) is 5.91 Å². The number of anilines is 1. The van der Waals surface area contributed by atoms with E-state index in [0.717, 1.165) is 61.8 Å². The van der Waals surface area contributed by atoms with E-state index in [1.807, 2.05) is 0 Å². The van der Waals surface area contributed by atoms with Crippen LogP contribution in [-0.4, -0.2) is 22.9 Å². The van der Waals surface area contributed by atoms with E-state index in [2.05, 4.69) is 12.2 Å². The summed E-state index contributed by atoms with van der Waals surface area (Å²) in [7, 11) is 0. The van der Waals surface area contributed by atoms with Gasteiger partial charge in [0.2, 0.25) is 5.91 Å². The summed E-state index contributed by atoms with van der Waals surface area (Å²) >= 11 is 1.46. The van der Waals surface area contributed by atoms with E-state index in [0.29, 0.717) is 16.5 Å². The van der Waals surface area contributed by atoms with E-state index < -0.39 is 23.7 Å². The molecule has 0 unspecified atom stereocenters. The first-order valence-corrected chi connectivity index (χ1v) is 11.2. The van der Waals surface area contributed by atoms with E-state index in [4.69, 9.17) is 5.73 Å². The summed E-state index contributed by atoms with van der Waals surface area (Å²) in [5.74, 6) is -1.93. The average molecular weight is 405 g/mol. The monoisotopic (exact) mass is 404 g/mol. The Morgan fingerprint density at radius 2 is 1.89 bits per heavy atom. The summed E-state index contributed by atoms with van der Waals surface area (Å²) in [5.41, 5.74) is 7.10. The molecule has 5 atom stereocenters. The van der Waals surface area contributed by atoms with E-state index in [1.54, 1.807) is 0 Å². The number of carbonyl (C=O) groups excluding carboxylic acids is 2. The van der Waals surface area contributed by atoms with Gasteiger partial charge in [0.05, 0.1) is 17.4 Å². The molecule has 4 rings (SSSR count). The topological polar surface area (TPSA) is 109 Å². The molecule has 6 nitrogen and oxygen atoms in total. The smallest absolute Gasteiger partial charge is 0.307 e. The van der Waals surface area contributed by atoms with Crippen LogP contribution in [0.25, 0.3) is 0 Å². The Hall–Kier alpha value is -1.89. The molecule has 2 fully saturated rings. The molecule has 0 aromatic carbocycles. The first-order chi connectivity index (χ1) is 13.4. The van der Waals surface area contributed by atoms with Crippen LogP contribution in [0.1, 0.15) is 66.2 Å². The van der Waals surface area contributed by atoms with E-state index in [-0.39, 0.29) is 17.7 Å². The van der Waals surface area contributed by atoms with Gasteiger partial charge in [-0.1, -0.05) is 19.8 Å². The highest BCUT2D eigenvalue weighted by Gasteiger charge is 2.54. The van der Waals surface area contributed by atoms with Gasteiger partial charge >= 0.3 is 5.97 Å². The van der Waals surface area contributed by atoms with Crippen LogP contribution in [0.15, 0.2) is 0 Å². The Morgan fingerprint density at radius 1 is 1.18 bits per heavy atom. The first kappa shape index (κ1) is 19.4. The minimum Gasteiger partial charge on any atom is -0.481 e. The maximum Gasteiger partial charge on any atom is 0.307 e. The van der Waals surface area contributed by atoms with Gasteiger partial charge in [-0.2, -0.15) is 0 Å². The standard InChI is InChI=1S/C21H28N2O4S/c1-2-3-10-4-7-13-14(8-10)28-20(17(13)18(22)24)23-19(25)15-11-5-6-12(9-11)16(15)21(26)27/h10-12,15-16H,2-9H2,1H3,(H2,22,24)(H,23,25)(H,26,27)/t10-,11+,12+,15-,16+/m1/s1. The number of carbonyl (C=O) groups is 3. The largest absolute Gasteiger partial charge is 0.481 e. The number of thiophene rings is 1. The highest BCUT2D eigenvalue weighted by molar-refractivity contribution is 7.17. The van der Waals surface area contributed by atoms with Crippen molar-refractivity contribution in [2.75, 3.05) is 5.32 Å². The van der Waals surface area contributed by atoms with Crippen molar-refractivity contribution in [2.24, 2.45) is 35.3 Å². The average Bonchev–Trinajstić information content (AvgIpc) is 3.33. The first-order valence-electron chi connectivity index (χ1n) is 10.4. The molecule has 0 radical (unpaired) electrons. The quantitative estimate of drug-likeness (QED) is 0.674. The molecule has 0 saturated heterocycles. The molecule has 1 aromatic rings. The van der Waals surface area contributed by atoms with E-state index in [9.17, 15) is 19.5 Å². The predicted octanol–water partition coefficient (Wildman–Crippen LogP) is 3.44. The van der Waals surface area contributed by atoms with Crippen molar-refractivity contribution < 1.29 is 19.5 Å². The maximum absolute atomic E-state index is 13.1. The van der Waals surface area contributed by atoms with Crippen LogP contribution in [0.2, 0.25) is 0 Å². The zero-order valence-electron chi connectivity index (χ0n) is 16.2. The van der Waals surface area contributed by atoms with Crippen molar-refractivity contribution in [3.05, 3.63) is 16.0 Å². The molecule has 152 valence electrons. The van der Waals surface area contributed by atoms with Crippen molar-refractivity contribution in [1.82, 2.24) is 0 Å². The van der Waals surface area contributed by atoms with Crippen molar-refractivity contribution in [3.8, 4) is 0 Å². The highest BCUT2D eigenvalue weighted by Crippen LogP contribution is 2.53. The molecule has 2 amide bonds. The molecule has 3 aliphatic rings. The molecule has 28 heavy (non-hydrogen) atoms. The van der Waals surface area contributed by atoms with Gasteiger partial charge in [0.15, 0.2) is 0 Å². The lowest BCUT2D eigenvalue weighted by Gasteiger charge is -2.26. The molecule has 4 N–H and O–H groups in total. The van der Waals surface area contributed by atoms with Gasteiger partial charge in [0, 0.05) is 4.88 Å². The number of hydrogen-bond donors (Lipinski definition) is 3. The number of carboxylic acid groups (broad SMARTS) is 1. The van der Waals surface area contributed by atoms with Crippen LogP contribution in [-0.2, 0) is 22.4 Å². The number of hydrogen-bond acceptors (Lipinski definition) is 4. The van der Waals surface area contributed by atoms with Crippen LogP contribution >= 0.6 is 11.3 Å². The number of fused-ring (bicyclic) bond motifs is 3. The van der Waals surface area contributed by atoms with Crippen molar-refractivity contribution in [2.45, 2.75) is 58.3 Å². The van der Waals surface area contributed by atoms with Crippen molar-refractivity contribution in [1.29, 1.82) is 0 Å². The third kappa shape index (κ3) is 3.23. The maximum atomic E-state index is 13.1. The predicted molar refractivity (Wildman–Crippen MR) is 107 cm³/mol. The van der Waals surface area contributed by atoms with Gasteiger partial charge in [-0.25, -0.2) is 0 Å². The summed E-state index contributed by atoms with van der Waals surface area (Å²) < 4.78 is 0. The zero-order chi connectivity index (χ0) is 20.0. The number of rotatable bonds is 6. The molecular formula is C21H28N2O4S. The van der Waals surface area contributed by atoms with Crippen molar-refractivity contribution in [3.63, 3.8) is 0 Å². The lowest BCUT2D eigenvalue weighted by Crippen LogP contribution is -2.38. The number of amides is 2. The molecule has 1 heterocycles. The Kier molecular flexibility index (Phi) is 5.21. The van der Waals surface area contributed by atoms with Crippen LogP contribution < -0.4 is 11.1 Å². The van der Waals surface area contributed by atoms with Crippen LogP contribution in [0, 0.1) is 29.6 Å². The minimum absolute atomic E-state index is 0.0974. The number of nitrogens with one attached hydrogen (secondary N) is 1. The fourth-order valence-corrected chi connectivity index (χ4v) is 7.25. The highest BCUT2D eigenvalue weighted by atomic mass is 32.1. The van der Waals surface area contributed by atoms with Gasteiger partial charge in [-0.15, -0.1) is 11.3 Å². The molecular weight excluding hydrogens is 376 g/mol. The Morgan fingerprint density at radius 3 is 2.54 bits per heavy atom. The Bertz CT molecular complexity index is 818. The van der Waals surface area contributed by atoms with Crippen molar-refractivity contribution >= 4 is 34.1 Å². The minimum atomic E-state index is -0.879. The molecule has 0 aliphatic heterocycles. The Labute approximate surface area is 168 Å². The van der Waals surface area contributed by atoms with E-state index >= 15 is 0 Å². The van der Waals surface area contributed by atoms with Gasteiger partial charge in [-0.3, -0.25) is 14.4 Å². The molecule has 2 bridgehead atoms. The molecule has 2 saturated carbocycles. The van der Waals surface area contributed by atoms with E-state index in [1.165, 1.54) is 11.3 Å². The summed E-state index contributed by atoms with van der Waals surface area (Å²) in [6.45, 7) is 2.18. The summed E-state index contributed by atoms with van der Waals surface area (Å²) in [4.78, 5) is 38.1. The SMILES string of the molecule is CCC[C@@H]1CCc2c(sc(NC(=O)[C@@H]3[C@H]4CC[C@@H](C4)[C@@H]3C(=O)O)c2C(N)=O)C1. The molecule has 0 spiro atoms. The van der Waals surface area contributed by atoms with Gasteiger partial charge in [-0.05, 0) is 61.8 Å². The second kappa shape index (κ2) is 7.50. The second-order valence-electron chi connectivity index (χ2n) is 8.68. The number of nitrogens with two attached hydrogens (primary N) is 1. The summed E-state index contributed by atoms with van der Waals surface area (Å²) in [5, 5.41) is 13.1. The molecule has 1 aromatic heterocycles. The summed E-state index contributed by atoms with van der Waals surface area (Å²) in [6.07, 6.45) is 7.70. The normalized spacial score (nSPS) is 30.8. The zero-order valence-corrected chi connectivity index (χ0v) is 17.0. The van der Waals surface area contributed by atoms with Crippen LogP contribution in [0.4, 0.5) is 5.00 Å². The fraction of sp³-hybridized carbons (Fsp3) is 0.667. The fourth-order valence-electron chi connectivity index (χ4n) is 5.88. The molecule has 7 heteroatoms. The lowest BCUT2D eigenvalue weighted by atomic mass is 9.78. The van der Waals surface area contributed by atoms with Gasteiger partial charge in [0.1, 0.15) is 5.00 Å². The Balaban J connectivity index is 1.59. The van der Waals surface area contributed by atoms with Gasteiger partial charge < -0.3 is 16.2 Å². The van der Waals surface area contributed by atoms with Crippen LogP contribution in [0.5, 0.6) is 0 Å². The number of carboxylic acids is 1. The summed E-state index contributed by atoms with van der Waals surface area (Å²) in [6, 6.07) is 0. The number of primary amides is 1.